The van der Waals surface area contributed by atoms with Crippen LogP contribution in [0.1, 0.15) is 21.5 Å². The first-order valence-electron chi connectivity index (χ1n) is 9.58. The summed E-state index contributed by atoms with van der Waals surface area (Å²) < 4.78 is 19.1. The molecule has 0 saturated carbocycles. The standard InChI is InChI=1S/C25H18ClFN2O2/c26-20-6-3-5-19(14-20)25(30)29-28-15-23-22-7-2-1-4-18(22)10-13-24(23)31-16-17-8-11-21(27)12-9-17/h1-15H,16H2,(H,29,30). The van der Waals surface area contributed by atoms with Crippen molar-refractivity contribution in [3.63, 3.8) is 0 Å². The van der Waals surface area contributed by atoms with Crippen LogP contribution in [0.25, 0.3) is 10.8 Å². The van der Waals surface area contributed by atoms with E-state index in [0.29, 0.717) is 16.3 Å². The molecule has 0 heterocycles. The van der Waals surface area contributed by atoms with E-state index in [-0.39, 0.29) is 18.3 Å². The first kappa shape index (κ1) is 20.6. The molecule has 6 heteroatoms. The molecule has 1 amide bonds. The number of carbonyl (C=O) groups is 1. The molecule has 0 aromatic heterocycles. The predicted molar refractivity (Wildman–Crippen MR) is 121 cm³/mol. The molecule has 0 aliphatic rings. The average molecular weight is 433 g/mol. The lowest BCUT2D eigenvalue weighted by Gasteiger charge is -2.12. The minimum Gasteiger partial charge on any atom is -0.488 e. The van der Waals surface area contributed by atoms with E-state index in [0.717, 1.165) is 21.9 Å². The molecule has 0 unspecified atom stereocenters. The molecule has 0 radical (unpaired) electrons. The molecule has 4 rings (SSSR count). The summed E-state index contributed by atoms with van der Waals surface area (Å²) in [5.41, 5.74) is 4.50. The summed E-state index contributed by atoms with van der Waals surface area (Å²) in [6.45, 7) is 0.272. The van der Waals surface area contributed by atoms with Crippen LogP contribution >= 0.6 is 11.6 Å². The highest BCUT2D eigenvalue weighted by atomic mass is 35.5. The van der Waals surface area contributed by atoms with Gasteiger partial charge in [-0.2, -0.15) is 5.10 Å². The Labute approximate surface area is 183 Å². The molecular weight excluding hydrogens is 415 g/mol. The van der Waals surface area contributed by atoms with Gasteiger partial charge in [-0.3, -0.25) is 4.79 Å². The van der Waals surface area contributed by atoms with Gasteiger partial charge in [0.2, 0.25) is 0 Å². The molecule has 1 N–H and O–H groups in total. The smallest absolute Gasteiger partial charge is 0.271 e. The van der Waals surface area contributed by atoms with Gasteiger partial charge in [-0.05, 0) is 52.7 Å². The van der Waals surface area contributed by atoms with Crippen LogP contribution in [-0.4, -0.2) is 12.1 Å². The van der Waals surface area contributed by atoms with Gasteiger partial charge in [0.05, 0.1) is 6.21 Å². The van der Waals surface area contributed by atoms with E-state index >= 15 is 0 Å². The summed E-state index contributed by atoms with van der Waals surface area (Å²) in [4.78, 5) is 12.3. The minimum absolute atomic E-state index is 0.272. The zero-order valence-corrected chi connectivity index (χ0v) is 17.1. The zero-order valence-electron chi connectivity index (χ0n) is 16.4. The van der Waals surface area contributed by atoms with Gasteiger partial charge in [0, 0.05) is 16.1 Å². The number of halogens is 2. The summed E-state index contributed by atoms with van der Waals surface area (Å²) in [7, 11) is 0. The molecule has 0 fully saturated rings. The third kappa shape index (κ3) is 5.08. The Balaban J connectivity index is 1.58. The monoisotopic (exact) mass is 432 g/mol. The number of fused-ring (bicyclic) bond motifs is 1. The fourth-order valence-electron chi connectivity index (χ4n) is 3.13. The second-order valence-electron chi connectivity index (χ2n) is 6.82. The van der Waals surface area contributed by atoms with E-state index < -0.39 is 0 Å². The van der Waals surface area contributed by atoms with Crippen molar-refractivity contribution in [3.05, 3.63) is 112 Å². The van der Waals surface area contributed by atoms with Crippen LogP contribution in [0, 0.1) is 5.82 Å². The fraction of sp³-hybridized carbons (Fsp3) is 0.0400. The predicted octanol–water partition coefficient (Wildman–Crippen LogP) is 5.98. The number of amides is 1. The Bertz CT molecular complexity index is 1260. The van der Waals surface area contributed by atoms with Crippen molar-refractivity contribution >= 4 is 34.5 Å². The van der Waals surface area contributed by atoms with Crippen molar-refractivity contribution in [1.29, 1.82) is 0 Å². The first-order valence-corrected chi connectivity index (χ1v) is 9.96. The lowest BCUT2D eigenvalue weighted by atomic mass is 10.0. The summed E-state index contributed by atoms with van der Waals surface area (Å²) in [6, 6.07) is 24.4. The Morgan fingerprint density at radius 3 is 2.61 bits per heavy atom. The molecule has 4 aromatic rings. The maximum atomic E-state index is 13.1. The van der Waals surface area contributed by atoms with E-state index in [1.54, 1.807) is 42.6 Å². The Kier molecular flexibility index (Phi) is 6.24. The Morgan fingerprint density at radius 1 is 1.00 bits per heavy atom. The fourth-order valence-corrected chi connectivity index (χ4v) is 3.32. The van der Waals surface area contributed by atoms with Crippen molar-refractivity contribution in [2.75, 3.05) is 0 Å². The van der Waals surface area contributed by atoms with Gasteiger partial charge >= 0.3 is 0 Å². The molecule has 0 atom stereocenters. The Morgan fingerprint density at radius 2 is 1.81 bits per heavy atom. The maximum Gasteiger partial charge on any atom is 0.271 e. The number of rotatable bonds is 6. The van der Waals surface area contributed by atoms with E-state index in [4.69, 9.17) is 16.3 Å². The van der Waals surface area contributed by atoms with Gasteiger partial charge in [-0.25, -0.2) is 9.82 Å². The number of hydrogen-bond donors (Lipinski definition) is 1. The number of ether oxygens (including phenoxy) is 1. The number of hydrazone groups is 1. The van der Waals surface area contributed by atoms with Crippen molar-refractivity contribution in [3.8, 4) is 5.75 Å². The highest BCUT2D eigenvalue weighted by molar-refractivity contribution is 6.31. The number of benzene rings is 4. The molecule has 154 valence electrons. The largest absolute Gasteiger partial charge is 0.488 e. The van der Waals surface area contributed by atoms with Crippen molar-refractivity contribution < 1.29 is 13.9 Å². The maximum absolute atomic E-state index is 13.1. The van der Waals surface area contributed by atoms with E-state index in [1.165, 1.54) is 12.1 Å². The number of carbonyl (C=O) groups excluding carboxylic acids is 1. The van der Waals surface area contributed by atoms with Gasteiger partial charge in [-0.1, -0.05) is 60.1 Å². The number of nitrogens with one attached hydrogen (secondary N) is 1. The summed E-state index contributed by atoms with van der Waals surface area (Å²) in [5.74, 6) is -0.0609. The van der Waals surface area contributed by atoms with Crippen molar-refractivity contribution in [2.45, 2.75) is 6.61 Å². The number of hydrogen-bond acceptors (Lipinski definition) is 3. The van der Waals surface area contributed by atoms with Gasteiger partial charge in [0.1, 0.15) is 18.2 Å². The van der Waals surface area contributed by atoms with Gasteiger partial charge < -0.3 is 4.74 Å². The molecule has 0 bridgehead atoms. The van der Waals surface area contributed by atoms with Crippen LogP contribution < -0.4 is 10.2 Å². The van der Waals surface area contributed by atoms with Crippen LogP contribution in [0.2, 0.25) is 5.02 Å². The third-order valence-electron chi connectivity index (χ3n) is 4.68. The first-order chi connectivity index (χ1) is 15.1. The van der Waals surface area contributed by atoms with Crippen molar-refractivity contribution in [1.82, 2.24) is 5.43 Å². The zero-order chi connectivity index (χ0) is 21.6. The van der Waals surface area contributed by atoms with Crippen molar-refractivity contribution in [2.24, 2.45) is 5.10 Å². The minimum atomic E-state index is -0.368. The summed E-state index contributed by atoms with van der Waals surface area (Å²) in [6.07, 6.45) is 1.56. The summed E-state index contributed by atoms with van der Waals surface area (Å²) in [5, 5.41) is 6.55. The molecule has 0 aliphatic carbocycles. The number of nitrogens with zero attached hydrogens (tertiary/aromatic N) is 1. The second kappa shape index (κ2) is 9.41. The second-order valence-corrected chi connectivity index (χ2v) is 7.26. The van der Waals surface area contributed by atoms with Crippen LogP contribution in [-0.2, 0) is 6.61 Å². The van der Waals surface area contributed by atoms with Gasteiger partial charge in [0.15, 0.2) is 0 Å². The topological polar surface area (TPSA) is 50.7 Å². The summed E-state index contributed by atoms with van der Waals surface area (Å²) >= 11 is 5.94. The molecule has 0 saturated heterocycles. The molecular formula is C25H18ClFN2O2. The molecule has 0 spiro atoms. The van der Waals surface area contributed by atoms with E-state index in [1.807, 2.05) is 36.4 Å². The quantitative estimate of drug-likeness (QED) is 0.301. The SMILES string of the molecule is O=C(NN=Cc1c(OCc2ccc(F)cc2)ccc2ccccc12)c1cccc(Cl)c1. The molecule has 31 heavy (non-hydrogen) atoms. The highest BCUT2D eigenvalue weighted by Gasteiger charge is 2.09. The Hall–Kier alpha value is -3.70. The molecule has 4 nitrogen and oxygen atoms in total. The van der Waals surface area contributed by atoms with E-state index in [2.05, 4.69) is 10.5 Å². The van der Waals surface area contributed by atoms with Crippen LogP contribution in [0.5, 0.6) is 5.75 Å². The molecule has 0 aliphatic heterocycles. The third-order valence-corrected chi connectivity index (χ3v) is 4.92. The van der Waals surface area contributed by atoms with Gasteiger partial charge in [0.25, 0.3) is 5.91 Å². The van der Waals surface area contributed by atoms with Gasteiger partial charge in [-0.15, -0.1) is 0 Å². The van der Waals surface area contributed by atoms with E-state index in [9.17, 15) is 9.18 Å². The average Bonchev–Trinajstić information content (AvgIpc) is 2.79. The lowest BCUT2D eigenvalue weighted by Crippen LogP contribution is -2.17. The lowest BCUT2D eigenvalue weighted by molar-refractivity contribution is 0.0955. The van der Waals surface area contributed by atoms with Crippen LogP contribution in [0.4, 0.5) is 4.39 Å². The molecule has 4 aromatic carbocycles. The van der Waals surface area contributed by atoms with Crippen LogP contribution in [0.3, 0.4) is 0 Å². The highest BCUT2D eigenvalue weighted by Crippen LogP contribution is 2.27. The normalized spacial score (nSPS) is 11.0. The van der Waals surface area contributed by atoms with Crippen LogP contribution in [0.15, 0.2) is 90.0 Å².